The Morgan fingerprint density at radius 3 is 2.58 bits per heavy atom. The van der Waals surface area contributed by atoms with Crippen LogP contribution in [0.2, 0.25) is 0 Å². The van der Waals surface area contributed by atoms with Crippen LogP contribution in [0.15, 0.2) is 27.6 Å². The van der Waals surface area contributed by atoms with Crippen molar-refractivity contribution in [1.29, 1.82) is 0 Å². The van der Waals surface area contributed by atoms with Gasteiger partial charge in [0, 0.05) is 13.6 Å². The highest BCUT2D eigenvalue weighted by Gasteiger charge is 2.21. The molecule has 0 aliphatic heterocycles. The predicted molar refractivity (Wildman–Crippen MR) is 76.8 cm³/mol. The molecule has 0 fully saturated rings. The fraction of sp³-hybridized carbons (Fsp3) is 0.500. The summed E-state index contributed by atoms with van der Waals surface area (Å²) < 4.78 is 31.4. The molecule has 1 N–H and O–H groups in total. The molecule has 1 unspecified atom stereocenters. The summed E-state index contributed by atoms with van der Waals surface area (Å²) in [6.07, 6.45) is -0.132. The summed E-state index contributed by atoms with van der Waals surface area (Å²) in [4.78, 5) is 0.188. The van der Waals surface area contributed by atoms with E-state index in [0.717, 1.165) is 0 Å². The van der Waals surface area contributed by atoms with Crippen molar-refractivity contribution < 1.29 is 18.3 Å². The molecule has 1 aromatic carbocycles. The molecule has 0 heterocycles. The van der Waals surface area contributed by atoms with Crippen LogP contribution in [0.25, 0.3) is 0 Å². The molecule has 0 aliphatic carbocycles. The summed E-state index contributed by atoms with van der Waals surface area (Å²) in [5.41, 5.74) is 0. The summed E-state index contributed by atoms with van der Waals surface area (Å²) in [5.74, 6) is 0.575. The minimum absolute atomic E-state index is 0.188. The average Bonchev–Trinajstić information content (AvgIpc) is 2.35. The van der Waals surface area contributed by atoms with E-state index in [0.29, 0.717) is 16.6 Å². The quantitative estimate of drug-likeness (QED) is 0.849. The number of ether oxygens (including phenoxy) is 1. The molecule has 0 saturated carbocycles. The van der Waals surface area contributed by atoms with E-state index >= 15 is 0 Å². The van der Waals surface area contributed by atoms with Crippen molar-refractivity contribution in [1.82, 2.24) is 4.31 Å². The molecular weight excluding hydrogens is 334 g/mol. The van der Waals surface area contributed by atoms with Crippen LogP contribution in [0, 0.1) is 0 Å². The van der Waals surface area contributed by atoms with Gasteiger partial charge in [-0.15, -0.1) is 0 Å². The third-order valence-electron chi connectivity index (χ3n) is 2.69. The lowest BCUT2D eigenvalue weighted by molar-refractivity contribution is 0.177. The second kappa shape index (κ2) is 6.69. The molecular formula is C12H18BrNO4S. The number of aliphatic hydroxyl groups excluding tert-OH is 1. The highest BCUT2D eigenvalue weighted by atomic mass is 79.9. The second-order valence-electron chi connectivity index (χ2n) is 4.26. The minimum Gasteiger partial charge on any atom is -0.496 e. The lowest BCUT2D eigenvalue weighted by atomic mass is 10.3. The van der Waals surface area contributed by atoms with Crippen molar-refractivity contribution in [3.8, 4) is 5.75 Å². The second-order valence-corrected chi connectivity index (χ2v) is 7.16. The number of sulfonamides is 1. The van der Waals surface area contributed by atoms with Gasteiger partial charge in [0.25, 0.3) is 0 Å². The molecule has 5 nitrogen and oxygen atoms in total. The SMILES string of the molecule is COc1ccc(S(=O)(=O)N(C)CCC(C)O)cc1Br. The average molecular weight is 352 g/mol. The Kier molecular flexibility index (Phi) is 5.79. The summed E-state index contributed by atoms with van der Waals surface area (Å²) in [7, 11) is -0.533. The molecule has 0 aliphatic rings. The van der Waals surface area contributed by atoms with Gasteiger partial charge in [0.05, 0.1) is 22.6 Å². The molecule has 1 aromatic rings. The van der Waals surface area contributed by atoms with Crippen molar-refractivity contribution in [2.45, 2.75) is 24.3 Å². The first kappa shape index (κ1) is 16.4. The number of aliphatic hydroxyl groups is 1. The monoisotopic (exact) mass is 351 g/mol. The number of rotatable bonds is 6. The van der Waals surface area contributed by atoms with Crippen LogP contribution in [0.4, 0.5) is 0 Å². The van der Waals surface area contributed by atoms with Crippen molar-refractivity contribution >= 4 is 26.0 Å². The highest BCUT2D eigenvalue weighted by Crippen LogP contribution is 2.28. The highest BCUT2D eigenvalue weighted by molar-refractivity contribution is 9.10. The fourth-order valence-electron chi connectivity index (χ4n) is 1.48. The Labute approximate surface area is 122 Å². The number of methoxy groups -OCH3 is 1. The Morgan fingerprint density at radius 1 is 1.47 bits per heavy atom. The molecule has 108 valence electrons. The van der Waals surface area contributed by atoms with Crippen LogP contribution >= 0.6 is 15.9 Å². The third kappa shape index (κ3) is 4.17. The van der Waals surface area contributed by atoms with Crippen molar-refractivity contribution in [2.75, 3.05) is 20.7 Å². The molecule has 7 heteroatoms. The standard InChI is InChI=1S/C12H18BrNO4S/c1-9(15)6-7-14(2)19(16,17)10-4-5-12(18-3)11(13)8-10/h4-5,8-9,15H,6-7H2,1-3H3. The molecule has 1 rings (SSSR count). The largest absolute Gasteiger partial charge is 0.496 e. The van der Waals surface area contributed by atoms with E-state index < -0.39 is 16.1 Å². The van der Waals surface area contributed by atoms with Crippen molar-refractivity contribution in [3.05, 3.63) is 22.7 Å². The van der Waals surface area contributed by atoms with Gasteiger partial charge in [0.1, 0.15) is 5.75 Å². The van der Waals surface area contributed by atoms with E-state index in [9.17, 15) is 13.5 Å². The first-order chi connectivity index (χ1) is 8.78. The number of hydrogen-bond acceptors (Lipinski definition) is 4. The molecule has 0 amide bonds. The Balaban J connectivity index is 2.96. The lowest BCUT2D eigenvalue weighted by Gasteiger charge is -2.18. The maximum atomic E-state index is 12.3. The number of hydrogen-bond donors (Lipinski definition) is 1. The van der Waals surface area contributed by atoms with Crippen LogP contribution in [0.5, 0.6) is 5.75 Å². The third-order valence-corrected chi connectivity index (χ3v) is 5.17. The van der Waals surface area contributed by atoms with E-state index in [1.165, 1.54) is 30.6 Å². The zero-order valence-corrected chi connectivity index (χ0v) is 13.5. The topological polar surface area (TPSA) is 66.8 Å². The molecule has 0 aromatic heterocycles. The van der Waals surface area contributed by atoms with Gasteiger partial charge in [-0.25, -0.2) is 12.7 Å². The van der Waals surface area contributed by atoms with Gasteiger partial charge in [-0.3, -0.25) is 0 Å². The zero-order chi connectivity index (χ0) is 14.6. The fourth-order valence-corrected chi connectivity index (χ4v) is 3.38. The van der Waals surface area contributed by atoms with Crippen LogP contribution in [-0.2, 0) is 10.0 Å². The summed E-state index contributed by atoms with van der Waals surface area (Å²) >= 11 is 3.26. The maximum Gasteiger partial charge on any atom is 0.242 e. The van der Waals surface area contributed by atoms with E-state index in [4.69, 9.17) is 4.74 Å². The van der Waals surface area contributed by atoms with Crippen molar-refractivity contribution in [3.63, 3.8) is 0 Å². The van der Waals surface area contributed by atoms with Crippen molar-refractivity contribution in [2.24, 2.45) is 0 Å². The van der Waals surface area contributed by atoms with Crippen LogP contribution < -0.4 is 4.74 Å². The molecule has 1 atom stereocenters. The Bertz CT molecular complexity index is 531. The molecule has 19 heavy (non-hydrogen) atoms. The Hall–Kier alpha value is -0.630. The predicted octanol–water partition coefficient (Wildman–Crippen LogP) is 1.85. The summed E-state index contributed by atoms with van der Waals surface area (Å²) in [5, 5.41) is 9.20. The van der Waals surface area contributed by atoms with Gasteiger partial charge in [-0.05, 0) is 47.5 Å². The van der Waals surface area contributed by atoms with Gasteiger partial charge in [-0.1, -0.05) is 0 Å². The maximum absolute atomic E-state index is 12.3. The summed E-state index contributed by atoms with van der Waals surface area (Å²) in [6, 6.07) is 4.60. The summed E-state index contributed by atoms with van der Waals surface area (Å²) in [6.45, 7) is 1.90. The normalized spacial score (nSPS) is 13.6. The van der Waals surface area contributed by atoms with E-state index in [1.807, 2.05) is 0 Å². The lowest BCUT2D eigenvalue weighted by Crippen LogP contribution is -2.29. The van der Waals surface area contributed by atoms with Crippen LogP contribution in [0.3, 0.4) is 0 Å². The van der Waals surface area contributed by atoms with Gasteiger partial charge in [0.2, 0.25) is 10.0 Å². The molecule has 0 saturated heterocycles. The van der Waals surface area contributed by atoms with E-state index in [2.05, 4.69) is 15.9 Å². The van der Waals surface area contributed by atoms with E-state index in [1.54, 1.807) is 13.0 Å². The van der Waals surface area contributed by atoms with Crippen LogP contribution in [0.1, 0.15) is 13.3 Å². The smallest absolute Gasteiger partial charge is 0.242 e. The number of nitrogens with zero attached hydrogens (tertiary/aromatic N) is 1. The van der Waals surface area contributed by atoms with Crippen LogP contribution in [-0.4, -0.2) is 44.6 Å². The van der Waals surface area contributed by atoms with Gasteiger partial charge >= 0.3 is 0 Å². The van der Waals surface area contributed by atoms with Gasteiger partial charge in [-0.2, -0.15) is 0 Å². The minimum atomic E-state index is -3.55. The first-order valence-electron chi connectivity index (χ1n) is 5.77. The van der Waals surface area contributed by atoms with Gasteiger partial charge < -0.3 is 9.84 Å². The Morgan fingerprint density at radius 2 is 2.11 bits per heavy atom. The van der Waals surface area contributed by atoms with Gasteiger partial charge in [0.15, 0.2) is 0 Å². The zero-order valence-electron chi connectivity index (χ0n) is 11.1. The molecule has 0 radical (unpaired) electrons. The number of benzene rings is 1. The molecule has 0 bridgehead atoms. The first-order valence-corrected chi connectivity index (χ1v) is 8.00. The van der Waals surface area contributed by atoms with E-state index in [-0.39, 0.29) is 11.4 Å². The molecule has 0 spiro atoms. The number of halogens is 1.